The summed E-state index contributed by atoms with van der Waals surface area (Å²) in [5, 5.41) is 0. The van der Waals surface area contributed by atoms with E-state index in [4.69, 9.17) is 16.3 Å². The molecule has 0 aliphatic carbocycles. The molecular weight excluding hydrogens is 430 g/mol. The molecule has 0 saturated carbocycles. The van der Waals surface area contributed by atoms with Gasteiger partial charge in [-0.15, -0.1) is 11.6 Å². The van der Waals surface area contributed by atoms with Gasteiger partial charge in [0, 0.05) is 44.0 Å². The Hall–Kier alpha value is -2.71. The first-order valence-electron chi connectivity index (χ1n) is 11.0. The van der Waals surface area contributed by atoms with Crippen LogP contribution in [0.1, 0.15) is 23.2 Å². The highest BCUT2D eigenvalue weighted by Crippen LogP contribution is 2.24. The first-order chi connectivity index (χ1) is 15.7. The molecule has 3 heterocycles. The van der Waals surface area contributed by atoms with Gasteiger partial charge in [-0.1, -0.05) is 0 Å². The molecule has 170 valence electrons. The number of rotatable bonds is 6. The number of alkyl halides is 1. The predicted octanol–water partition coefficient (Wildman–Crippen LogP) is 2.44. The van der Waals surface area contributed by atoms with Crippen LogP contribution in [0.15, 0.2) is 43.0 Å². The maximum Gasteiger partial charge on any atom is 0.253 e. The number of carbonyl (C=O) groups excluding carboxylic acids is 2. The van der Waals surface area contributed by atoms with Gasteiger partial charge in [0.2, 0.25) is 5.91 Å². The number of likely N-dealkylation sites (tertiary alicyclic amines) is 1. The minimum Gasteiger partial charge on any atom is -0.378 e. The summed E-state index contributed by atoms with van der Waals surface area (Å²) in [6.07, 6.45) is 6.34. The van der Waals surface area contributed by atoms with Crippen LogP contribution in [-0.2, 0) is 9.53 Å². The standard InChI is InChI=1S/C23H28ClN5O3/c24-13-22(30)29(21-14-25-17-26-15-21)16-18-5-7-28(8-6-18)23(31)19-1-3-20(4-2-19)27-9-11-32-12-10-27/h1-4,14-15,17-18H,5-13,16H2. The number of anilines is 2. The Bertz CT molecular complexity index is 898. The highest BCUT2D eigenvalue weighted by atomic mass is 35.5. The van der Waals surface area contributed by atoms with Crippen LogP contribution in [0.25, 0.3) is 0 Å². The van der Waals surface area contributed by atoms with Gasteiger partial charge >= 0.3 is 0 Å². The fraction of sp³-hybridized carbons (Fsp3) is 0.478. The van der Waals surface area contributed by atoms with Crippen molar-refractivity contribution in [3.05, 3.63) is 48.5 Å². The molecule has 0 atom stereocenters. The van der Waals surface area contributed by atoms with Crippen molar-refractivity contribution in [2.45, 2.75) is 12.8 Å². The number of morpholine rings is 1. The van der Waals surface area contributed by atoms with Crippen molar-refractivity contribution in [1.29, 1.82) is 0 Å². The zero-order chi connectivity index (χ0) is 22.3. The van der Waals surface area contributed by atoms with Crippen molar-refractivity contribution in [2.75, 3.05) is 61.6 Å². The van der Waals surface area contributed by atoms with E-state index >= 15 is 0 Å². The van der Waals surface area contributed by atoms with Gasteiger partial charge in [-0.3, -0.25) is 9.59 Å². The maximum absolute atomic E-state index is 13.0. The second-order valence-electron chi connectivity index (χ2n) is 8.12. The van der Waals surface area contributed by atoms with Crippen molar-refractivity contribution in [3.63, 3.8) is 0 Å². The number of nitrogens with zero attached hydrogens (tertiary/aromatic N) is 5. The van der Waals surface area contributed by atoms with Gasteiger partial charge in [0.1, 0.15) is 12.2 Å². The van der Waals surface area contributed by atoms with E-state index in [-0.39, 0.29) is 23.6 Å². The topological polar surface area (TPSA) is 78.9 Å². The quantitative estimate of drug-likeness (QED) is 0.620. The molecule has 0 unspecified atom stereocenters. The summed E-state index contributed by atoms with van der Waals surface area (Å²) in [6, 6.07) is 7.86. The third kappa shape index (κ3) is 5.37. The molecule has 8 nitrogen and oxygen atoms in total. The summed E-state index contributed by atoms with van der Waals surface area (Å²) in [5.74, 6) is 0.0877. The summed E-state index contributed by atoms with van der Waals surface area (Å²) in [6.45, 7) is 5.11. The van der Waals surface area contributed by atoms with Crippen molar-refractivity contribution >= 4 is 34.8 Å². The number of benzene rings is 1. The number of aromatic nitrogens is 2. The van der Waals surface area contributed by atoms with E-state index in [0.717, 1.165) is 44.8 Å². The van der Waals surface area contributed by atoms with Crippen LogP contribution in [0.2, 0.25) is 0 Å². The first kappa shape index (κ1) is 22.5. The van der Waals surface area contributed by atoms with Crippen molar-refractivity contribution < 1.29 is 14.3 Å². The molecule has 2 aliphatic rings. The number of hydrogen-bond donors (Lipinski definition) is 0. The molecule has 9 heteroatoms. The van der Waals surface area contributed by atoms with Gasteiger partial charge in [0.15, 0.2) is 0 Å². The summed E-state index contributed by atoms with van der Waals surface area (Å²) < 4.78 is 5.40. The average molecular weight is 458 g/mol. The van der Waals surface area contributed by atoms with Crippen molar-refractivity contribution in [2.24, 2.45) is 5.92 Å². The van der Waals surface area contributed by atoms with Gasteiger partial charge in [0.25, 0.3) is 5.91 Å². The van der Waals surface area contributed by atoms with E-state index in [1.54, 1.807) is 17.3 Å². The average Bonchev–Trinajstić information content (AvgIpc) is 2.88. The molecule has 0 N–H and O–H groups in total. The van der Waals surface area contributed by atoms with Gasteiger partial charge in [-0.2, -0.15) is 0 Å². The Labute approximate surface area is 193 Å². The highest BCUT2D eigenvalue weighted by molar-refractivity contribution is 6.29. The summed E-state index contributed by atoms with van der Waals surface area (Å²) in [5.41, 5.74) is 2.48. The van der Waals surface area contributed by atoms with Crippen LogP contribution in [0, 0.1) is 5.92 Å². The normalized spacial score (nSPS) is 17.3. The van der Waals surface area contributed by atoms with E-state index in [0.29, 0.717) is 30.9 Å². The zero-order valence-electron chi connectivity index (χ0n) is 18.0. The number of ether oxygens (including phenoxy) is 1. The third-order valence-corrected chi connectivity index (χ3v) is 6.34. The molecule has 1 aromatic heterocycles. The fourth-order valence-corrected chi connectivity index (χ4v) is 4.39. The number of piperidine rings is 1. The van der Waals surface area contributed by atoms with E-state index in [9.17, 15) is 9.59 Å². The molecule has 4 rings (SSSR count). The lowest BCUT2D eigenvalue weighted by Gasteiger charge is -2.35. The van der Waals surface area contributed by atoms with Gasteiger partial charge < -0.3 is 19.4 Å². The van der Waals surface area contributed by atoms with Gasteiger partial charge in [-0.25, -0.2) is 9.97 Å². The third-order valence-electron chi connectivity index (χ3n) is 6.11. The molecule has 0 radical (unpaired) electrons. The Morgan fingerprint density at radius 3 is 2.31 bits per heavy atom. The van der Waals surface area contributed by atoms with E-state index < -0.39 is 0 Å². The predicted molar refractivity (Wildman–Crippen MR) is 123 cm³/mol. The van der Waals surface area contributed by atoms with Crippen LogP contribution in [0.3, 0.4) is 0 Å². The van der Waals surface area contributed by atoms with E-state index in [1.165, 1.54) is 6.33 Å². The summed E-state index contributed by atoms with van der Waals surface area (Å²) in [4.78, 5) is 39.2. The monoisotopic (exact) mass is 457 g/mol. The SMILES string of the molecule is O=C(c1ccc(N2CCOCC2)cc1)N1CCC(CN(C(=O)CCl)c2cncnc2)CC1. The number of carbonyl (C=O) groups is 2. The molecule has 2 aromatic rings. The van der Waals surface area contributed by atoms with Crippen LogP contribution < -0.4 is 9.80 Å². The Morgan fingerprint density at radius 1 is 1.03 bits per heavy atom. The number of amides is 2. The Balaban J connectivity index is 1.32. The molecule has 1 aromatic carbocycles. The van der Waals surface area contributed by atoms with Crippen LogP contribution in [0.4, 0.5) is 11.4 Å². The zero-order valence-corrected chi connectivity index (χ0v) is 18.8. The lowest BCUT2D eigenvalue weighted by atomic mass is 9.95. The lowest BCUT2D eigenvalue weighted by Crippen LogP contribution is -2.43. The second-order valence-corrected chi connectivity index (χ2v) is 8.38. The van der Waals surface area contributed by atoms with Gasteiger partial charge in [-0.05, 0) is 43.0 Å². The molecule has 2 saturated heterocycles. The smallest absolute Gasteiger partial charge is 0.253 e. The highest BCUT2D eigenvalue weighted by Gasteiger charge is 2.27. The van der Waals surface area contributed by atoms with Crippen LogP contribution >= 0.6 is 11.6 Å². The molecule has 0 spiro atoms. The largest absolute Gasteiger partial charge is 0.378 e. The molecule has 2 amide bonds. The minimum atomic E-state index is -0.166. The molecule has 32 heavy (non-hydrogen) atoms. The number of halogens is 1. The van der Waals surface area contributed by atoms with Crippen LogP contribution in [-0.4, -0.2) is 78.5 Å². The second kappa shape index (κ2) is 10.7. The number of hydrogen-bond acceptors (Lipinski definition) is 6. The van der Waals surface area contributed by atoms with E-state index in [1.807, 2.05) is 29.2 Å². The Morgan fingerprint density at radius 2 is 1.69 bits per heavy atom. The molecule has 2 aliphatic heterocycles. The van der Waals surface area contributed by atoms with E-state index in [2.05, 4.69) is 14.9 Å². The molecular formula is C23H28ClN5O3. The molecule has 2 fully saturated rings. The summed E-state index contributed by atoms with van der Waals surface area (Å²) >= 11 is 5.81. The van der Waals surface area contributed by atoms with Crippen molar-refractivity contribution in [3.8, 4) is 0 Å². The Kier molecular flexibility index (Phi) is 7.55. The fourth-order valence-electron chi connectivity index (χ4n) is 4.25. The maximum atomic E-state index is 13.0. The molecule has 0 bridgehead atoms. The lowest BCUT2D eigenvalue weighted by molar-refractivity contribution is -0.116. The van der Waals surface area contributed by atoms with Crippen molar-refractivity contribution in [1.82, 2.24) is 14.9 Å². The van der Waals surface area contributed by atoms with Gasteiger partial charge in [0.05, 0.1) is 31.3 Å². The van der Waals surface area contributed by atoms with Crippen LogP contribution in [0.5, 0.6) is 0 Å². The first-order valence-corrected chi connectivity index (χ1v) is 11.5. The summed E-state index contributed by atoms with van der Waals surface area (Å²) in [7, 11) is 0. The minimum absolute atomic E-state index is 0.0575.